The van der Waals surface area contributed by atoms with Crippen LogP contribution in [0.3, 0.4) is 0 Å². The molecule has 0 bridgehead atoms. The van der Waals surface area contributed by atoms with Crippen molar-refractivity contribution in [3.8, 4) is 5.75 Å². The van der Waals surface area contributed by atoms with Crippen molar-refractivity contribution in [2.45, 2.75) is 85.2 Å². The van der Waals surface area contributed by atoms with Crippen molar-refractivity contribution in [3.05, 3.63) is 29.8 Å². The fourth-order valence-corrected chi connectivity index (χ4v) is 4.15. The molecular formula is C23H36F2N2O3. The number of nitrogens with zero attached hydrogens (tertiary/aromatic N) is 2. The van der Waals surface area contributed by atoms with Crippen molar-refractivity contribution in [1.29, 1.82) is 0 Å². The third-order valence-electron chi connectivity index (χ3n) is 5.42. The Labute approximate surface area is 179 Å². The van der Waals surface area contributed by atoms with Crippen LogP contribution in [0.2, 0.25) is 0 Å². The van der Waals surface area contributed by atoms with Crippen LogP contribution in [0.5, 0.6) is 5.75 Å². The molecular weight excluding hydrogens is 390 g/mol. The van der Waals surface area contributed by atoms with Crippen LogP contribution in [0.25, 0.3) is 0 Å². The van der Waals surface area contributed by atoms with Gasteiger partial charge in [-0.05, 0) is 57.7 Å². The number of hydrogen-bond acceptors (Lipinski definition) is 4. The summed E-state index contributed by atoms with van der Waals surface area (Å²) in [5.74, 6) is 0.465. The van der Waals surface area contributed by atoms with Gasteiger partial charge in [0.2, 0.25) is 0 Å². The zero-order chi connectivity index (χ0) is 22.6. The number of benzene rings is 1. The molecule has 0 spiro atoms. The third-order valence-corrected chi connectivity index (χ3v) is 5.42. The van der Waals surface area contributed by atoms with Gasteiger partial charge in [-0.25, -0.2) is 4.79 Å². The lowest BCUT2D eigenvalue weighted by Crippen LogP contribution is -2.60. The lowest BCUT2D eigenvalue weighted by molar-refractivity contribution is -0.0500. The molecule has 0 saturated carbocycles. The standard InChI is InChI=1S/C23H36F2N2O3/c1-8-18-14-26(22(28)30-23(5,6)7)16(4)13-27(18)20(15(2)3)17-9-11-19(12-10-17)29-21(24)25/h9-12,15-16,18,20-21H,8,13-14H2,1-7H3/t16-,18+,20?/m0/s1. The smallest absolute Gasteiger partial charge is 0.410 e. The van der Waals surface area contributed by atoms with Crippen LogP contribution in [-0.4, -0.2) is 53.3 Å². The quantitative estimate of drug-likeness (QED) is 0.585. The fourth-order valence-electron chi connectivity index (χ4n) is 4.15. The van der Waals surface area contributed by atoms with E-state index in [9.17, 15) is 13.6 Å². The molecule has 1 aromatic carbocycles. The number of ether oxygens (including phenoxy) is 2. The van der Waals surface area contributed by atoms with Gasteiger partial charge in [-0.2, -0.15) is 8.78 Å². The van der Waals surface area contributed by atoms with Gasteiger partial charge in [-0.15, -0.1) is 0 Å². The highest BCUT2D eigenvalue weighted by atomic mass is 19.3. The largest absolute Gasteiger partial charge is 0.444 e. The number of rotatable bonds is 6. The molecule has 0 aliphatic carbocycles. The zero-order valence-corrected chi connectivity index (χ0v) is 19.2. The first-order chi connectivity index (χ1) is 13.9. The summed E-state index contributed by atoms with van der Waals surface area (Å²) in [5.41, 5.74) is 0.529. The second kappa shape index (κ2) is 9.94. The Kier molecular flexibility index (Phi) is 8.08. The normalized spacial score (nSPS) is 21.8. The Morgan fingerprint density at radius 3 is 2.23 bits per heavy atom. The van der Waals surface area contributed by atoms with Crippen LogP contribution in [0.4, 0.5) is 13.6 Å². The lowest BCUT2D eigenvalue weighted by Gasteiger charge is -2.49. The van der Waals surface area contributed by atoms with Gasteiger partial charge in [0.05, 0.1) is 0 Å². The Balaban J connectivity index is 2.23. The van der Waals surface area contributed by atoms with Crippen LogP contribution < -0.4 is 4.74 Å². The van der Waals surface area contributed by atoms with E-state index in [2.05, 4.69) is 30.4 Å². The van der Waals surface area contributed by atoms with E-state index in [0.717, 1.165) is 18.5 Å². The lowest BCUT2D eigenvalue weighted by atomic mass is 9.90. The predicted molar refractivity (Wildman–Crippen MR) is 114 cm³/mol. The van der Waals surface area contributed by atoms with Crippen molar-refractivity contribution < 1.29 is 23.0 Å². The molecule has 170 valence electrons. The highest BCUT2D eigenvalue weighted by molar-refractivity contribution is 5.68. The molecule has 1 saturated heterocycles. The minimum atomic E-state index is -2.83. The van der Waals surface area contributed by atoms with Crippen LogP contribution in [0.15, 0.2) is 24.3 Å². The van der Waals surface area contributed by atoms with Crippen molar-refractivity contribution in [2.24, 2.45) is 5.92 Å². The topological polar surface area (TPSA) is 42.0 Å². The second-order valence-electron chi connectivity index (χ2n) is 9.38. The van der Waals surface area contributed by atoms with Crippen molar-refractivity contribution >= 4 is 6.09 Å². The first kappa shape index (κ1) is 24.4. The van der Waals surface area contributed by atoms with Gasteiger partial charge in [0.25, 0.3) is 0 Å². The van der Waals surface area contributed by atoms with Crippen LogP contribution in [-0.2, 0) is 4.74 Å². The van der Waals surface area contributed by atoms with E-state index in [1.165, 1.54) is 0 Å². The molecule has 1 aliphatic heterocycles. The molecule has 7 heteroatoms. The van der Waals surface area contributed by atoms with E-state index in [4.69, 9.17) is 4.74 Å². The molecule has 0 N–H and O–H groups in total. The van der Waals surface area contributed by atoms with E-state index in [-0.39, 0.29) is 30.0 Å². The summed E-state index contributed by atoms with van der Waals surface area (Å²) in [7, 11) is 0. The number of piperazine rings is 1. The maximum atomic E-state index is 12.7. The number of amides is 1. The van der Waals surface area contributed by atoms with Gasteiger partial charge in [0, 0.05) is 31.2 Å². The van der Waals surface area contributed by atoms with Crippen LogP contribution >= 0.6 is 0 Å². The molecule has 1 fully saturated rings. The summed E-state index contributed by atoms with van der Waals surface area (Å²) in [6.07, 6.45) is 0.615. The summed E-state index contributed by atoms with van der Waals surface area (Å²) < 4.78 is 35.0. The van der Waals surface area contributed by atoms with E-state index in [1.54, 1.807) is 12.1 Å². The van der Waals surface area contributed by atoms with Crippen molar-refractivity contribution in [3.63, 3.8) is 0 Å². The van der Waals surface area contributed by atoms with Gasteiger partial charge in [0.1, 0.15) is 11.4 Å². The van der Waals surface area contributed by atoms with Crippen LogP contribution in [0, 0.1) is 5.92 Å². The van der Waals surface area contributed by atoms with Gasteiger partial charge in [-0.3, -0.25) is 4.90 Å². The third kappa shape index (κ3) is 6.30. The molecule has 1 unspecified atom stereocenters. The fraction of sp³-hybridized carbons (Fsp3) is 0.696. The van der Waals surface area contributed by atoms with Crippen molar-refractivity contribution in [2.75, 3.05) is 13.1 Å². The van der Waals surface area contributed by atoms with E-state index in [0.29, 0.717) is 12.5 Å². The number of carbonyl (C=O) groups is 1. The minimum Gasteiger partial charge on any atom is -0.444 e. The molecule has 0 radical (unpaired) electrons. The number of halogens is 2. The highest BCUT2D eigenvalue weighted by Crippen LogP contribution is 2.35. The Bertz CT molecular complexity index is 689. The maximum absolute atomic E-state index is 12.7. The van der Waals surface area contributed by atoms with Gasteiger partial charge >= 0.3 is 12.7 Å². The molecule has 3 atom stereocenters. The highest BCUT2D eigenvalue weighted by Gasteiger charge is 2.39. The zero-order valence-electron chi connectivity index (χ0n) is 19.2. The Morgan fingerprint density at radius 1 is 1.17 bits per heavy atom. The summed E-state index contributed by atoms with van der Waals surface area (Å²) >= 11 is 0. The van der Waals surface area contributed by atoms with Crippen LogP contribution in [0.1, 0.15) is 66.5 Å². The molecule has 5 nitrogen and oxygen atoms in total. The Hall–Kier alpha value is -1.89. The van der Waals surface area contributed by atoms with Gasteiger partial charge in [-0.1, -0.05) is 32.9 Å². The molecule has 1 heterocycles. The van der Waals surface area contributed by atoms with Gasteiger partial charge < -0.3 is 14.4 Å². The first-order valence-corrected chi connectivity index (χ1v) is 10.7. The number of hydrogen-bond donors (Lipinski definition) is 0. The van der Waals surface area contributed by atoms with Gasteiger partial charge in [0.15, 0.2) is 0 Å². The number of alkyl halides is 2. The minimum absolute atomic E-state index is 0.00494. The van der Waals surface area contributed by atoms with E-state index in [1.807, 2.05) is 44.7 Å². The molecule has 1 aromatic rings. The SMILES string of the molecule is CC[C@@H]1CN(C(=O)OC(C)(C)C)[C@@H](C)CN1C(c1ccc(OC(F)F)cc1)C(C)C. The van der Waals surface area contributed by atoms with E-state index < -0.39 is 12.2 Å². The number of carbonyl (C=O) groups excluding carboxylic acids is 1. The summed E-state index contributed by atoms with van der Waals surface area (Å²) in [6, 6.07) is 7.21. The molecule has 1 aliphatic rings. The second-order valence-corrected chi connectivity index (χ2v) is 9.38. The monoisotopic (exact) mass is 426 g/mol. The first-order valence-electron chi connectivity index (χ1n) is 10.7. The molecule has 30 heavy (non-hydrogen) atoms. The molecule has 2 rings (SSSR count). The Morgan fingerprint density at radius 2 is 1.77 bits per heavy atom. The summed E-state index contributed by atoms with van der Waals surface area (Å²) in [5, 5.41) is 0. The summed E-state index contributed by atoms with van der Waals surface area (Å²) in [6.45, 7) is 12.6. The molecule has 0 aromatic heterocycles. The van der Waals surface area contributed by atoms with Crippen molar-refractivity contribution in [1.82, 2.24) is 9.80 Å². The average Bonchev–Trinajstić information content (AvgIpc) is 2.61. The molecule has 1 amide bonds. The maximum Gasteiger partial charge on any atom is 0.410 e. The van der Waals surface area contributed by atoms with E-state index >= 15 is 0 Å². The predicted octanol–water partition coefficient (Wildman–Crippen LogP) is 5.70. The summed E-state index contributed by atoms with van der Waals surface area (Å²) in [4.78, 5) is 17.0. The average molecular weight is 427 g/mol.